The minimum atomic E-state index is -0.179. The summed E-state index contributed by atoms with van der Waals surface area (Å²) in [5.74, 6) is 0.692. The Morgan fingerprint density at radius 1 is 1.15 bits per heavy atom. The van der Waals surface area contributed by atoms with E-state index >= 15 is 0 Å². The minimum Gasteiger partial charge on any atom is -0.494 e. The number of carbonyl (C=O) groups excluding carboxylic acids is 2. The highest BCUT2D eigenvalue weighted by Gasteiger charge is 2.26. The van der Waals surface area contributed by atoms with Crippen molar-refractivity contribution >= 4 is 23.2 Å². The Kier molecular flexibility index (Phi) is 5.56. The molecular weight excluding hydrogens is 328 g/mol. The lowest BCUT2D eigenvalue weighted by Gasteiger charge is -2.15. The zero-order valence-corrected chi connectivity index (χ0v) is 15.2. The summed E-state index contributed by atoms with van der Waals surface area (Å²) in [7, 11) is 0. The standard InChI is InChI=1S/C21H24N2O3/c1-3-5-12-26-18-9-6-15(7-10-18)21(25)22-17-8-11-19-16(13-17)14-20(24)23(19)4-2/h6-11,13H,3-5,12,14H2,1-2H3,(H,22,25). The number of hydrogen-bond donors (Lipinski definition) is 1. The van der Waals surface area contributed by atoms with Crippen LogP contribution in [0.25, 0.3) is 0 Å². The fraction of sp³-hybridized carbons (Fsp3) is 0.333. The van der Waals surface area contributed by atoms with E-state index in [0.29, 0.717) is 30.8 Å². The first-order valence-corrected chi connectivity index (χ1v) is 9.10. The minimum absolute atomic E-state index is 0.102. The van der Waals surface area contributed by atoms with Crippen LogP contribution >= 0.6 is 0 Å². The van der Waals surface area contributed by atoms with Gasteiger partial charge in [-0.2, -0.15) is 0 Å². The number of amides is 2. The summed E-state index contributed by atoms with van der Waals surface area (Å²) in [6.07, 6.45) is 2.48. The van der Waals surface area contributed by atoms with E-state index in [0.717, 1.165) is 29.8 Å². The molecule has 0 aromatic heterocycles. The zero-order chi connectivity index (χ0) is 18.5. The van der Waals surface area contributed by atoms with Crippen molar-refractivity contribution in [3.63, 3.8) is 0 Å². The number of carbonyl (C=O) groups is 2. The van der Waals surface area contributed by atoms with E-state index in [1.807, 2.05) is 37.3 Å². The molecule has 2 aromatic rings. The maximum Gasteiger partial charge on any atom is 0.255 e. The lowest BCUT2D eigenvalue weighted by molar-refractivity contribution is -0.117. The van der Waals surface area contributed by atoms with Gasteiger partial charge in [0, 0.05) is 23.5 Å². The third-order valence-corrected chi connectivity index (χ3v) is 4.47. The Bertz CT molecular complexity index is 799. The van der Waals surface area contributed by atoms with Crippen LogP contribution < -0.4 is 15.0 Å². The van der Waals surface area contributed by atoms with Crippen LogP contribution in [0.4, 0.5) is 11.4 Å². The molecule has 136 valence electrons. The molecule has 1 heterocycles. The highest BCUT2D eigenvalue weighted by molar-refractivity contribution is 6.06. The third-order valence-electron chi connectivity index (χ3n) is 4.47. The number of fused-ring (bicyclic) bond motifs is 1. The number of benzene rings is 2. The summed E-state index contributed by atoms with van der Waals surface area (Å²) in [6.45, 7) is 5.42. The van der Waals surface area contributed by atoms with Crippen LogP contribution in [0.2, 0.25) is 0 Å². The molecule has 0 fully saturated rings. The first kappa shape index (κ1) is 18.0. The summed E-state index contributed by atoms with van der Waals surface area (Å²) in [5, 5.41) is 2.90. The van der Waals surface area contributed by atoms with Crippen LogP contribution in [0.3, 0.4) is 0 Å². The van der Waals surface area contributed by atoms with Gasteiger partial charge in [0.1, 0.15) is 5.75 Å². The molecule has 26 heavy (non-hydrogen) atoms. The molecule has 0 aliphatic carbocycles. The van der Waals surface area contributed by atoms with Crippen molar-refractivity contribution in [1.82, 2.24) is 0 Å². The average molecular weight is 352 g/mol. The Labute approximate surface area is 154 Å². The van der Waals surface area contributed by atoms with Gasteiger partial charge in [-0.15, -0.1) is 0 Å². The topological polar surface area (TPSA) is 58.6 Å². The van der Waals surface area contributed by atoms with Gasteiger partial charge in [0.15, 0.2) is 0 Å². The fourth-order valence-corrected chi connectivity index (χ4v) is 3.05. The lowest BCUT2D eigenvalue weighted by atomic mass is 10.1. The quantitative estimate of drug-likeness (QED) is 0.766. The van der Waals surface area contributed by atoms with Gasteiger partial charge in [0.25, 0.3) is 5.91 Å². The van der Waals surface area contributed by atoms with Crippen molar-refractivity contribution in [3.05, 3.63) is 53.6 Å². The number of rotatable bonds is 7. The van der Waals surface area contributed by atoms with Gasteiger partial charge in [0.2, 0.25) is 5.91 Å². The zero-order valence-electron chi connectivity index (χ0n) is 15.2. The predicted molar refractivity (Wildman–Crippen MR) is 103 cm³/mol. The van der Waals surface area contributed by atoms with Crippen molar-refractivity contribution in [2.24, 2.45) is 0 Å². The molecule has 0 radical (unpaired) electrons. The number of nitrogens with one attached hydrogen (secondary N) is 1. The maximum atomic E-state index is 12.4. The molecule has 1 aliphatic rings. The maximum absolute atomic E-state index is 12.4. The lowest BCUT2D eigenvalue weighted by Crippen LogP contribution is -2.25. The molecule has 5 nitrogen and oxygen atoms in total. The van der Waals surface area contributed by atoms with Crippen LogP contribution in [-0.2, 0) is 11.2 Å². The van der Waals surface area contributed by atoms with E-state index in [4.69, 9.17) is 4.74 Å². The average Bonchev–Trinajstić information content (AvgIpc) is 2.96. The van der Waals surface area contributed by atoms with E-state index < -0.39 is 0 Å². The van der Waals surface area contributed by atoms with Gasteiger partial charge in [-0.3, -0.25) is 9.59 Å². The van der Waals surface area contributed by atoms with E-state index in [1.165, 1.54) is 0 Å². The third kappa shape index (κ3) is 3.87. The number of unbranched alkanes of at least 4 members (excludes halogenated alkanes) is 1. The van der Waals surface area contributed by atoms with Crippen molar-refractivity contribution in [1.29, 1.82) is 0 Å². The number of hydrogen-bond acceptors (Lipinski definition) is 3. The van der Waals surface area contributed by atoms with Crippen LogP contribution in [0.5, 0.6) is 5.75 Å². The predicted octanol–water partition coefficient (Wildman–Crippen LogP) is 4.03. The van der Waals surface area contributed by atoms with Gasteiger partial charge < -0.3 is 15.0 Å². The summed E-state index contributed by atoms with van der Waals surface area (Å²) in [6, 6.07) is 12.7. The van der Waals surface area contributed by atoms with Crippen LogP contribution in [0.1, 0.15) is 42.6 Å². The first-order valence-electron chi connectivity index (χ1n) is 9.10. The second-order valence-corrected chi connectivity index (χ2v) is 6.34. The molecule has 2 amide bonds. The van der Waals surface area contributed by atoms with Gasteiger partial charge >= 0.3 is 0 Å². The van der Waals surface area contributed by atoms with E-state index in [-0.39, 0.29) is 11.8 Å². The molecule has 0 saturated carbocycles. The van der Waals surface area contributed by atoms with E-state index in [9.17, 15) is 9.59 Å². The Hall–Kier alpha value is -2.82. The van der Waals surface area contributed by atoms with Gasteiger partial charge in [0.05, 0.1) is 13.0 Å². The molecule has 0 bridgehead atoms. The van der Waals surface area contributed by atoms with E-state index in [2.05, 4.69) is 12.2 Å². The van der Waals surface area contributed by atoms with Gasteiger partial charge in [-0.25, -0.2) is 0 Å². The number of nitrogens with zero attached hydrogens (tertiary/aromatic N) is 1. The second-order valence-electron chi connectivity index (χ2n) is 6.34. The monoisotopic (exact) mass is 352 g/mol. The Balaban J connectivity index is 1.65. The summed E-state index contributed by atoms with van der Waals surface area (Å²) in [4.78, 5) is 26.2. The number of ether oxygens (including phenoxy) is 1. The highest BCUT2D eigenvalue weighted by Crippen LogP contribution is 2.31. The molecule has 1 aliphatic heterocycles. The van der Waals surface area contributed by atoms with Gasteiger partial charge in [-0.05, 0) is 61.4 Å². The fourth-order valence-electron chi connectivity index (χ4n) is 3.05. The van der Waals surface area contributed by atoms with Crippen LogP contribution in [0.15, 0.2) is 42.5 Å². The van der Waals surface area contributed by atoms with Crippen LogP contribution in [0, 0.1) is 0 Å². The second kappa shape index (κ2) is 8.04. The van der Waals surface area contributed by atoms with Crippen molar-refractivity contribution in [3.8, 4) is 5.75 Å². The molecule has 0 atom stereocenters. The normalized spacial score (nSPS) is 12.8. The molecule has 2 aromatic carbocycles. The van der Waals surface area contributed by atoms with Crippen molar-refractivity contribution in [2.45, 2.75) is 33.1 Å². The Morgan fingerprint density at radius 3 is 2.62 bits per heavy atom. The molecule has 0 unspecified atom stereocenters. The van der Waals surface area contributed by atoms with E-state index in [1.54, 1.807) is 17.0 Å². The molecule has 0 spiro atoms. The first-order chi connectivity index (χ1) is 12.6. The largest absolute Gasteiger partial charge is 0.494 e. The molecule has 5 heteroatoms. The summed E-state index contributed by atoms with van der Waals surface area (Å²) in [5.41, 5.74) is 3.15. The number of likely N-dealkylation sites (N-methyl/N-ethyl adjacent to an activating group) is 1. The molecule has 3 rings (SSSR count). The van der Waals surface area contributed by atoms with Crippen molar-refractivity contribution < 1.29 is 14.3 Å². The smallest absolute Gasteiger partial charge is 0.255 e. The number of anilines is 2. The van der Waals surface area contributed by atoms with Crippen molar-refractivity contribution in [2.75, 3.05) is 23.4 Å². The molecule has 1 N–H and O–H groups in total. The molecular formula is C21H24N2O3. The highest BCUT2D eigenvalue weighted by atomic mass is 16.5. The summed E-state index contributed by atoms with van der Waals surface area (Å²) >= 11 is 0. The summed E-state index contributed by atoms with van der Waals surface area (Å²) < 4.78 is 5.61. The Morgan fingerprint density at radius 2 is 1.92 bits per heavy atom. The van der Waals surface area contributed by atoms with Crippen LogP contribution in [-0.4, -0.2) is 25.0 Å². The SMILES string of the molecule is CCCCOc1ccc(C(=O)Nc2ccc3c(c2)CC(=O)N3CC)cc1. The molecule has 0 saturated heterocycles. The van der Waals surface area contributed by atoms with Gasteiger partial charge in [-0.1, -0.05) is 13.3 Å².